The van der Waals surface area contributed by atoms with Crippen LogP contribution in [0.3, 0.4) is 0 Å². The lowest BCUT2D eigenvalue weighted by atomic mass is 9.91. The van der Waals surface area contributed by atoms with Gasteiger partial charge in [0.25, 0.3) is 0 Å². The number of nitrogens with two attached hydrogens (primary N) is 1. The molecule has 0 aliphatic carbocycles. The van der Waals surface area contributed by atoms with Crippen molar-refractivity contribution in [3.05, 3.63) is 30.2 Å². The molecule has 5 nitrogen and oxygen atoms in total. The summed E-state index contributed by atoms with van der Waals surface area (Å²) in [6.07, 6.45) is 3.61. The molecule has 2 aromatic heterocycles. The normalized spacial score (nSPS) is 12.2. The summed E-state index contributed by atoms with van der Waals surface area (Å²) in [6, 6.07) is 3.79. The number of fused-ring (bicyclic) bond motifs is 1. The minimum Gasteiger partial charge on any atom is -0.304 e. The van der Waals surface area contributed by atoms with E-state index in [9.17, 15) is 0 Å². The smallest absolute Gasteiger partial charge is 0.155 e. The first-order valence-corrected chi connectivity index (χ1v) is 4.76. The van der Waals surface area contributed by atoms with E-state index in [1.807, 2.05) is 32.2 Å². The summed E-state index contributed by atoms with van der Waals surface area (Å²) in [5.41, 5.74) is 1.55. The lowest BCUT2D eigenvalue weighted by Crippen LogP contribution is -2.26. The lowest BCUT2D eigenvalue weighted by molar-refractivity contribution is 0.0948. The first-order valence-electron chi connectivity index (χ1n) is 4.76. The van der Waals surface area contributed by atoms with Crippen molar-refractivity contribution in [2.24, 2.45) is 5.90 Å². The Morgan fingerprint density at radius 3 is 3.00 bits per heavy atom. The number of hydrogen-bond donors (Lipinski definition) is 1. The van der Waals surface area contributed by atoms with Crippen molar-refractivity contribution in [2.75, 3.05) is 6.61 Å². The van der Waals surface area contributed by atoms with Crippen LogP contribution < -0.4 is 5.90 Å². The molecule has 5 heteroatoms. The highest BCUT2D eigenvalue weighted by Crippen LogP contribution is 2.22. The summed E-state index contributed by atoms with van der Waals surface area (Å²) in [7, 11) is 0. The van der Waals surface area contributed by atoms with Gasteiger partial charge < -0.3 is 4.84 Å². The van der Waals surface area contributed by atoms with E-state index in [2.05, 4.69) is 14.9 Å². The van der Waals surface area contributed by atoms with Crippen LogP contribution in [0.25, 0.3) is 5.65 Å². The summed E-state index contributed by atoms with van der Waals surface area (Å²) in [4.78, 5) is 8.89. The summed E-state index contributed by atoms with van der Waals surface area (Å²) < 4.78 is 1.74. The van der Waals surface area contributed by atoms with E-state index in [1.165, 1.54) is 0 Å². The zero-order valence-corrected chi connectivity index (χ0v) is 8.84. The fourth-order valence-corrected chi connectivity index (χ4v) is 1.44. The van der Waals surface area contributed by atoms with Crippen LogP contribution in [0.2, 0.25) is 0 Å². The van der Waals surface area contributed by atoms with Gasteiger partial charge in [0.15, 0.2) is 5.65 Å². The third kappa shape index (κ3) is 1.84. The zero-order chi connectivity index (χ0) is 10.9. The Morgan fingerprint density at radius 1 is 1.53 bits per heavy atom. The molecule has 0 fully saturated rings. The van der Waals surface area contributed by atoms with Gasteiger partial charge in [-0.1, -0.05) is 13.8 Å². The van der Waals surface area contributed by atoms with Crippen molar-refractivity contribution in [3.8, 4) is 0 Å². The molecule has 80 valence electrons. The highest BCUT2D eigenvalue weighted by Gasteiger charge is 2.24. The van der Waals surface area contributed by atoms with Crippen LogP contribution in [0.4, 0.5) is 0 Å². The van der Waals surface area contributed by atoms with E-state index in [0.717, 1.165) is 11.3 Å². The summed E-state index contributed by atoms with van der Waals surface area (Å²) in [6.45, 7) is 4.49. The van der Waals surface area contributed by atoms with Gasteiger partial charge in [-0.3, -0.25) is 0 Å². The molecule has 2 heterocycles. The average molecular weight is 206 g/mol. The first kappa shape index (κ1) is 10.1. The minimum absolute atomic E-state index is 0.206. The Kier molecular flexibility index (Phi) is 2.42. The average Bonchev–Trinajstić information content (AvgIpc) is 2.61. The number of aromatic nitrogens is 3. The Bertz CT molecular complexity index is 430. The molecule has 0 atom stereocenters. The maximum absolute atomic E-state index is 5.10. The van der Waals surface area contributed by atoms with Crippen LogP contribution in [0.1, 0.15) is 19.5 Å². The first-order chi connectivity index (χ1) is 7.13. The minimum atomic E-state index is -0.206. The van der Waals surface area contributed by atoms with Gasteiger partial charge in [-0.25, -0.2) is 15.4 Å². The molecule has 0 bridgehead atoms. The van der Waals surface area contributed by atoms with Crippen molar-refractivity contribution in [1.29, 1.82) is 0 Å². The van der Waals surface area contributed by atoms with Gasteiger partial charge >= 0.3 is 0 Å². The molecule has 0 aromatic carbocycles. The van der Waals surface area contributed by atoms with Gasteiger partial charge in [-0.05, 0) is 6.07 Å². The van der Waals surface area contributed by atoms with E-state index in [4.69, 9.17) is 5.90 Å². The molecule has 0 spiro atoms. The topological polar surface area (TPSA) is 65.4 Å². The van der Waals surface area contributed by atoms with Crippen molar-refractivity contribution in [1.82, 2.24) is 14.6 Å². The molecule has 0 unspecified atom stereocenters. The molecule has 0 aliphatic heterocycles. The molecule has 0 aliphatic rings. The van der Waals surface area contributed by atoms with Crippen molar-refractivity contribution in [2.45, 2.75) is 19.3 Å². The number of hydrogen-bond acceptors (Lipinski definition) is 4. The predicted molar refractivity (Wildman–Crippen MR) is 56.2 cm³/mol. The second-order valence-corrected chi connectivity index (χ2v) is 4.15. The van der Waals surface area contributed by atoms with E-state index in [0.29, 0.717) is 6.61 Å². The highest BCUT2D eigenvalue weighted by molar-refractivity contribution is 5.40. The maximum Gasteiger partial charge on any atom is 0.155 e. The largest absolute Gasteiger partial charge is 0.304 e. The van der Waals surface area contributed by atoms with Crippen LogP contribution in [0, 0.1) is 0 Å². The molecule has 0 saturated heterocycles. The van der Waals surface area contributed by atoms with Gasteiger partial charge in [0.1, 0.15) is 0 Å². The summed E-state index contributed by atoms with van der Waals surface area (Å²) >= 11 is 0. The third-order valence-corrected chi connectivity index (χ3v) is 2.37. The van der Waals surface area contributed by atoms with Gasteiger partial charge in [-0.15, -0.1) is 0 Å². The van der Waals surface area contributed by atoms with Crippen LogP contribution >= 0.6 is 0 Å². The zero-order valence-electron chi connectivity index (χ0n) is 8.84. The maximum atomic E-state index is 5.10. The predicted octanol–water partition coefficient (Wildman–Crippen LogP) is 0.897. The van der Waals surface area contributed by atoms with Crippen LogP contribution in [0.5, 0.6) is 0 Å². The third-order valence-electron chi connectivity index (χ3n) is 2.37. The Hall–Kier alpha value is -1.46. The monoisotopic (exact) mass is 206 g/mol. The Balaban J connectivity index is 2.44. The van der Waals surface area contributed by atoms with E-state index >= 15 is 0 Å². The molecule has 2 rings (SSSR count). The van der Waals surface area contributed by atoms with Gasteiger partial charge in [0.05, 0.1) is 12.3 Å². The molecular formula is C10H14N4O. The molecule has 2 N–H and O–H groups in total. The van der Waals surface area contributed by atoms with E-state index < -0.39 is 0 Å². The fourth-order valence-electron chi connectivity index (χ4n) is 1.44. The second-order valence-electron chi connectivity index (χ2n) is 4.15. The molecular weight excluding hydrogens is 192 g/mol. The molecule has 0 amide bonds. The summed E-state index contributed by atoms with van der Waals surface area (Å²) in [5.74, 6) is 5.10. The molecule has 0 radical (unpaired) electrons. The van der Waals surface area contributed by atoms with Crippen LogP contribution in [-0.4, -0.2) is 21.2 Å². The highest BCUT2D eigenvalue weighted by atomic mass is 16.6. The SMILES string of the molecule is CC(C)(CON)c1cc2ncccn2n1. The lowest BCUT2D eigenvalue weighted by Gasteiger charge is -2.19. The Labute approximate surface area is 87.8 Å². The Morgan fingerprint density at radius 2 is 2.33 bits per heavy atom. The van der Waals surface area contributed by atoms with Crippen molar-refractivity contribution in [3.63, 3.8) is 0 Å². The van der Waals surface area contributed by atoms with Gasteiger partial charge in [-0.2, -0.15) is 5.10 Å². The van der Waals surface area contributed by atoms with Crippen molar-refractivity contribution < 1.29 is 4.84 Å². The number of rotatable bonds is 3. The van der Waals surface area contributed by atoms with E-state index in [-0.39, 0.29) is 5.41 Å². The summed E-state index contributed by atoms with van der Waals surface area (Å²) in [5, 5.41) is 4.42. The fraction of sp³-hybridized carbons (Fsp3) is 0.400. The van der Waals surface area contributed by atoms with Crippen molar-refractivity contribution >= 4 is 5.65 Å². The second kappa shape index (κ2) is 3.60. The number of nitrogens with zero attached hydrogens (tertiary/aromatic N) is 3. The van der Waals surface area contributed by atoms with Crippen LogP contribution in [-0.2, 0) is 10.3 Å². The molecule has 0 saturated carbocycles. The van der Waals surface area contributed by atoms with Gasteiger partial charge in [0, 0.05) is 23.9 Å². The van der Waals surface area contributed by atoms with Crippen LogP contribution in [0.15, 0.2) is 24.5 Å². The van der Waals surface area contributed by atoms with Gasteiger partial charge in [0.2, 0.25) is 0 Å². The quantitative estimate of drug-likeness (QED) is 0.758. The molecule has 2 aromatic rings. The molecule has 15 heavy (non-hydrogen) atoms. The standard InChI is InChI=1S/C10H14N4O/c1-10(2,7-15-11)8-6-9-12-4-3-5-14(9)13-8/h3-6H,7,11H2,1-2H3. The van der Waals surface area contributed by atoms with E-state index in [1.54, 1.807) is 10.7 Å².